The Morgan fingerprint density at radius 2 is 1.81 bits per heavy atom. The van der Waals surface area contributed by atoms with Crippen molar-refractivity contribution in [2.75, 3.05) is 11.4 Å². The normalized spacial score (nSPS) is 24.3. The summed E-state index contributed by atoms with van der Waals surface area (Å²) < 4.78 is 0. The van der Waals surface area contributed by atoms with Crippen LogP contribution in [0.25, 0.3) is 0 Å². The molecule has 1 aromatic carbocycles. The number of allylic oxidation sites excluding steroid dienone is 2. The Morgan fingerprint density at radius 3 is 2.48 bits per heavy atom. The fourth-order valence-corrected chi connectivity index (χ4v) is 4.57. The summed E-state index contributed by atoms with van der Waals surface area (Å²) in [6, 6.07) is 7.39. The summed E-state index contributed by atoms with van der Waals surface area (Å²) in [7, 11) is 0. The second-order valence-electron chi connectivity index (χ2n) is 9.49. The summed E-state index contributed by atoms with van der Waals surface area (Å²) >= 11 is 0. The van der Waals surface area contributed by atoms with E-state index in [4.69, 9.17) is 5.11 Å². The molecule has 1 saturated heterocycles. The SMILES string of the molecule is CC(/C=C/[C@H]1CCCN1c1ccc2c(c1)C(C)(C)CCC2(C)C)=C\C(=O)O. The monoisotopic (exact) mass is 367 g/mol. The molecule has 1 aromatic rings. The van der Waals surface area contributed by atoms with Crippen molar-refractivity contribution >= 4 is 11.7 Å². The van der Waals surface area contributed by atoms with Gasteiger partial charge in [-0.2, -0.15) is 0 Å². The Labute approximate surface area is 163 Å². The Morgan fingerprint density at radius 1 is 1.15 bits per heavy atom. The van der Waals surface area contributed by atoms with Gasteiger partial charge in [-0.3, -0.25) is 0 Å². The Balaban J connectivity index is 1.90. The van der Waals surface area contributed by atoms with Gasteiger partial charge in [-0.05, 0) is 72.3 Å². The van der Waals surface area contributed by atoms with E-state index < -0.39 is 5.97 Å². The summed E-state index contributed by atoms with van der Waals surface area (Å²) in [4.78, 5) is 13.3. The molecular weight excluding hydrogens is 334 g/mol. The van der Waals surface area contributed by atoms with Crippen molar-refractivity contribution in [1.82, 2.24) is 0 Å². The molecule has 146 valence electrons. The highest BCUT2D eigenvalue weighted by molar-refractivity contribution is 5.81. The molecule has 1 fully saturated rings. The zero-order valence-corrected chi connectivity index (χ0v) is 17.4. The first kappa shape index (κ1) is 19.7. The van der Waals surface area contributed by atoms with Gasteiger partial charge in [0.2, 0.25) is 0 Å². The van der Waals surface area contributed by atoms with E-state index in [0.717, 1.165) is 18.5 Å². The third kappa shape index (κ3) is 4.12. The molecule has 0 amide bonds. The number of benzene rings is 1. The lowest BCUT2D eigenvalue weighted by Gasteiger charge is -2.42. The van der Waals surface area contributed by atoms with Gasteiger partial charge in [0.15, 0.2) is 0 Å². The van der Waals surface area contributed by atoms with Crippen molar-refractivity contribution in [3.05, 3.63) is 53.1 Å². The predicted molar refractivity (Wildman–Crippen MR) is 113 cm³/mol. The van der Waals surface area contributed by atoms with Crippen LogP contribution >= 0.6 is 0 Å². The maximum absolute atomic E-state index is 10.8. The number of hydrogen-bond acceptors (Lipinski definition) is 2. The fraction of sp³-hybridized carbons (Fsp3) is 0.542. The van der Waals surface area contributed by atoms with Gasteiger partial charge < -0.3 is 10.0 Å². The first-order valence-electron chi connectivity index (χ1n) is 10.1. The fourth-order valence-electron chi connectivity index (χ4n) is 4.57. The molecule has 3 heteroatoms. The molecule has 2 aliphatic rings. The van der Waals surface area contributed by atoms with E-state index in [1.54, 1.807) is 0 Å². The van der Waals surface area contributed by atoms with Crippen LogP contribution in [0.2, 0.25) is 0 Å². The van der Waals surface area contributed by atoms with Crippen LogP contribution in [0.4, 0.5) is 5.69 Å². The molecule has 0 saturated carbocycles. The average molecular weight is 368 g/mol. The molecule has 1 aliphatic heterocycles. The van der Waals surface area contributed by atoms with E-state index >= 15 is 0 Å². The minimum absolute atomic E-state index is 0.215. The number of carboxylic acids is 1. The molecule has 27 heavy (non-hydrogen) atoms. The third-order valence-corrected chi connectivity index (χ3v) is 6.40. The Kier molecular flexibility index (Phi) is 5.24. The van der Waals surface area contributed by atoms with E-state index in [1.807, 2.05) is 13.0 Å². The minimum Gasteiger partial charge on any atom is -0.478 e. The van der Waals surface area contributed by atoms with E-state index in [9.17, 15) is 4.79 Å². The lowest BCUT2D eigenvalue weighted by atomic mass is 9.63. The maximum Gasteiger partial charge on any atom is 0.328 e. The highest BCUT2D eigenvalue weighted by atomic mass is 16.4. The number of anilines is 1. The van der Waals surface area contributed by atoms with E-state index in [0.29, 0.717) is 6.04 Å². The van der Waals surface area contributed by atoms with E-state index in [2.05, 4.69) is 56.9 Å². The molecule has 1 aliphatic carbocycles. The van der Waals surface area contributed by atoms with Gasteiger partial charge in [-0.1, -0.05) is 45.9 Å². The molecule has 0 radical (unpaired) electrons. The Bertz CT molecular complexity index is 786. The molecule has 0 bridgehead atoms. The van der Waals surface area contributed by atoms with Crippen LogP contribution in [0.3, 0.4) is 0 Å². The Hall–Kier alpha value is -2.03. The van der Waals surface area contributed by atoms with Gasteiger partial charge in [-0.25, -0.2) is 4.79 Å². The number of hydrogen-bond donors (Lipinski definition) is 1. The van der Waals surface area contributed by atoms with Gasteiger partial charge in [-0.15, -0.1) is 0 Å². The molecule has 1 atom stereocenters. The highest BCUT2D eigenvalue weighted by Crippen LogP contribution is 2.47. The van der Waals surface area contributed by atoms with Crippen LogP contribution in [0.15, 0.2) is 42.0 Å². The molecule has 0 aromatic heterocycles. The largest absolute Gasteiger partial charge is 0.478 e. The predicted octanol–water partition coefficient (Wildman–Crippen LogP) is 5.59. The van der Waals surface area contributed by atoms with Gasteiger partial charge >= 0.3 is 5.97 Å². The quantitative estimate of drug-likeness (QED) is 0.557. The van der Waals surface area contributed by atoms with Crippen LogP contribution in [0, 0.1) is 0 Å². The molecule has 3 rings (SSSR count). The third-order valence-electron chi connectivity index (χ3n) is 6.40. The minimum atomic E-state index is -0.889. The lowest BCUT2D eigenvalue weighted by Crippen LogP contribution is -2.35. The second-order valence-corrected chi connectivity index (χ2v) is 9.49. The number of aliphatic carboxylic acids is 1. The molecule has 0 unspecified atom stereocenters. The first-order chi connectivity index (χ1) is 12.6. The van der Waals surface area contributed by atoms with Gasteiger partial charge in [0.25, 0.3) is 0 Å². The molecule has 0 spiro atoms. The molecular formula is C24H33NO2. The lowest BCUT2D eigenvalue weighted by molar-refractivity contribution is -0.131. The summed E-state index contributed by atoms with van der Waals surface area (Å²) in [6.07, 6.45) is 10.1. The maximum atomic E-state index is 10.8. The van der Waals surface area contributed by atoms with Crippen molar-refractivity contribution in [2.24, 2.45) is 0 Å². The number of carbonyl (C=O) groups is 1. The number of nitrogens with zero attached hydrogens (tertiary/aromatic N) is 1. The summed E-state index contributed by atoms with van der Waals surface area (Å²) in [6.45, 7) is 12.4. The van der Waals surface area contributed by atoms with Crippen LogP contribution in [0.5, 0.6) is 0 Å². The van der Waals surface area contributed by atoms with Crippen LogP contribution in [-0.4, -0.2) is 23.7 Å². The molecule has 1 heterocycles. The van der Waals surface area contributed by atoms with Gasteiger partial charge in [0, 0.05) is 24.4 Å². The summed E-state index contributed by atoms with van der Waals surface area (Å²) in [5, 5.41) is 8.89. The zero-order chi connectivity index (χ0) is 19.8. The van der Waals surface area contributed by atoms with Crippen LogP contribution < -0.4 is 4.90 Å². The zero-order valence-electron chi connectivity index (χ0n) is 17.4. The standard InChI is InChI=1S/C24H33NO2/c1-17(15-22(26)27)8-9-18-7-6-14-25(18)19-10-11-20-21(16-19)24(4,5)13-12-23(20,2)3/h8-11,15-16,18H,6-7,12-14H2,1-5H3,(H,26,27)/b9-8+,17-15+/t18-/m1/s1. The highest BCUT2D eigenvalue weighted by Gasteiger charge is 2.37. The van der Waals surface area contributed by atoms with E-state index in [1.165, 1.54) is 42.2 Å². The second kappa shape index (κ2) is 7.18. The molecule has 3 nitrogen and oxygen atoms in total. The van der Waals surface area contributed by atoms with Crippen molar-refractivity contribution in [1.29, 1.82) is 0 Å². The van der Waals surface area contributed by atoms with Crippen LogP contribution in [0.1, 0.15) is 71.4 Å². The van der Waals surface area contributed by atoms with Crippen LogP contribution in [-0.2, 0) is 15.6 Å². The summed E-state index contributed by atoms with van der Waals surface area (Å²) in [5.41, 5.74) is 5.52. The van der Waals surface area contributed by atoms with Crippen molar-refractivity contribution in [3.8, 4) is 0 Å². The topological polar surface area (TPSA) is 40.5 Å². The van der Waals surface area contributed by atoms with Gasteiger partial charge in [0.1, 0.15) is 0 Å². The number of fused-ring (bicyclic) bond motifs is 1. The first-order valence-corrected chi connectivity index (χ1v) is 10.1. The molecule has 1 N–H and O–H groups in total. The average Bonchev–Trinajstić information content (AvgIpc) is 3.05. The smallest absolute Gasteiger partial charge is 0.328 e. The van der Waals surface area contributed by atoms with E-state index in [-0.39, 0.29) is 10.8 Å². The summed E-state index contributed by atoms with van der Waals surface area (Å²) in [5.74, 6) is -0.889. The van der Waals surface area contributed by atoms with Crippen molar-refractivity contribution < 1.29 is 9.90 Å². The van der Waals surface area contributed by atoms with Crippen molar-refractivity contribution in [3.63, 3.8) is 0 Å². The van der Waals surface area contributed by atoms with Gasteiger partial charge in [0.05, 0.1) is 0 Å². The number of rotatable bonds is 4. The van der Waals surface area contributed by atoms with Crippen molar-refractivity contribution in [2.45, 2.75) is 77.2 Å². The number of carboxylic acid groups (broad SMARTS) is 1.